The SMILES string of the molecule is CCC(C)NC(=O)CCCCCC(C)C. The molecule has 0 spiro atoms. The van der Waals surface area contributed by atoms with Crippen LogP contribution in [0.15, 0.2) is 0 Å². The van der Waals surface area contributed by atoms with Crippen molar-refractivity contribution in [3.8, 4) is 0 Å². The van der Waals surface area contributed by atoms with Crippen molar-refractivity contribution < 1.29 is 4.79 Å². The fourth-order valence-electron chi connectivity index (χ4n) is 1.46. The lowest BCUT2D eigenvalue weighted by Gasteiger charge is -2.11. The Bertz CT molecular complexity index is 166. The summed E-state index contributed by atoms with van der Waals surface area (Å²) in [5.41, 5.74) is 0. The first-order valence-corrected chi connectivity index (χ1v) is 6.35. The molecule has 1 N–H and O–H groups in total. The second kappa shape index (κ2) is 8.75. The van der Waals surface area contributed by atoms with E-state index < -0.39 is 0 Å². The van der Waals surface area contributed by atoms with Crippen LogP contribution >= 0.6 is 0 Å². The molecule has 0 bridgehead atoms. The van der Waals surface area contributed by atoms with Crippen molar-refractivity contribution in [1.29, 1.82) is 0 Å². The van der Waals surface area contributed by atoms with Crippen molar-refractivity contribution >= 4 is 5.91 Å². The number of hydrogen-bond acceptors (Lipinski definition) is 1. The molecule has 0 aromatic rings. The minimum absolute atomic E-state index is 0.217. The predicted molar refractivity (Wildman–Crippen MR) is 65.8 cm³/mol. The van der Waals surface area contributed by atoms with Gasteiger partial charge in [0.2, 0.25) is 5.91 Å². The lowest BCUT2D eigenvalue weighted by Crippen LogP contribution is -2.31. The summed E-state index contributed by atoms with van der Waals surface area (Å²) in [6.45, 7) is 8.63. The van der Waals surface area contributed by atoms with Crippen LogP contribution < -0.4 is 5.32 Å². The molecule has 2 nitrogen and oxygen atoms in total. The highest BCUT2D eigenvalue weighted by Crippen LogP contribution is 2.09. The highest BCUT2D eigenvalue weighted by atomic mass is 16.1. The first-order valence-electron chi connectivity index (χ1n) is 6.35. The van der Waals surface area contributed by atoms with Gasteiger partial charge in [-0.05, 0) is 25.7 Å². The molecule has 0 heterocycles. The van der Waals surface area contributed by atoms with Crippen molar-refractivity contribution in [1.82, 2.24) is 5.32 Å². The average molecular weight is 213 g/mol. The molecule has 2 heteroatoms. The molecule has 0 aromatic carbocycles. The Morgan fingerprint density at radius 3 is 2.33 bits per heavy atom. The van der Waals surface area contributed by atoms with Crippen LogP contribution in [0.2, 0.25) is 0 Å². The molecular formula is C13H27NO. The summed E-state index contributed by atoms with van der Waals surface area (Å²) in [5.74, 6) is 1.01. The van der Waals surface area contributed by atoms with Crippen LogP contribution in [-0.2, 0) is 4.79 Å². The summed E-state index contributed by atoms with van der Waals surface area (Å²) in [6, 6.07) is 0.327. The molecule has 1 atom stereocenters. The number of carbonyl (C=O) groups is 1. The number of nitrogens with one attached hydrogen (secondary N) is 1. The molecule has 1 unspecified atom stereocenters. The predicted octanol–water partition coefficient (Wildman–Crippen LogP) is 3.51. The van der Waals surface area contributed by atoms with E-state index in [4.69, 9.17) is 0 Å². The van der Waals surface area contributed by atoms with Crippen LogP contribution in [0.3, 0.4) is 0 Å². The molecule has 0 aliphatic heterocycles. The van der Waals surface area contributed by atoms with Crippen molar-refractivity contribution in [2.45, 2.75) is 72.3 Å². The maximum absolute atomic E-state index is 11.4. The summed E-state index contributed by atoms with van der Waals surface area (Å²) in [7, 11) is 0. The maximum Gasteiger partial charge on any atom is 0.220 e. The molecular weight excluding hydrogens is 186 g/mol. The Morgan fingerprint density at radius 1 is 1.13 bits per heavy atom. The second-order valence-corrected chi connectivity index (χ2v) is 4.87. The van der Waals surface area contributed by atoms with Crippen LogP contribution in [0, 0.1) is 5.92 Å². The molecule has 0 aliphatic carbocycles. The first kappa shape index (κ1) is 14.5. The highest BCUT2D eigenvalue weighted by molar-refractivity contribution is 5.76. The van der Waals surface area contributed by atoms with Crippen LogP contribution in [0.5, 0.6) is 0 Å². The molecule has 90 valence electrons. The summed E-state index contributed by atoms with van der Waals surface area (Å²) >= 11 is 0. The molecule has 0 radical (unpaired) electrons. The third-order valence-corrected chi connectivity index (χ3v) is 2.71. The van der Waals surface area contributed by atoms with Crippen LogP contribution in [0.1, 0.15) is 66.2 Å². The highest BCUT2D eigenvalue weighted by Gasteiger charge is 2.04. The van der Waals surface area contributed by atoms with E-state index in [0.717, 1.165) is 18.8 Å². The number of amides is 1. The van der Waals surface area contributed by atoms with E-state index in [0.29, 0.717) is 12.5 Å². The number of hydrogen-bond donors (Lipinski definition) is 1. The molecule has 0 fully saturated rings. The van der Waals surface area contributed by atoms with Gasteiger partial charge in [-0.1, -0.05) is 40.0 Å². The van der Waals surface area contributed by atoms with E-state index >= 15 is 0 Å². The number of rotatable bonds is 8. The Labute approximate surface area is 94.8 Å². The standard InChI is InChI=1S/C13H27NO/c1-5-12(4)14-13(15)10-8-6-7-9-11(2)3/h11-12H,5-10H2,1-4H3,(H,14,15). The van der Waals surface area contributed by atoms with Gasteiger partial charge in [0, 0.05) is 12.5 Å². The van der Waals surface area contributed by atoms with Crippen molar-refractivity contribution in [3.63, 3.8) is 0 Å². The van der Waals surface area contributed by atoms with Gasteiger partial charge >= 0.3 is 0 Å². The minimum Gasteiger partial charge on any atom is -0.354 e. The summed E-state index contributed by atoms with van der Waals surface area (Å²) < 4.78 is 0. The zero-order valence-corrected chi connectivity index (χ0v) is 10.8. The molecule has 0 rings (SSSR count). The summed E-state index contributed by atoms with van der Waals surface area (Å²) in [5, 5.41) is 2.99. The Morgan fingerprint density at radius 2 is 1.80 bits per heavy atom. The smallest absolute Gasteiger partial charge is 0.220 e. The first-order chi connectivity index (χ1) is 7.06. The quantitative estimate of drug-likeness (QED) is 0.614. The van der Waals surface area contributed by atoms with E-state index in [1.807, 2.05) is 0 Å². The van der Waals surface area contributed by atoms with Gasteiger partial charge in [0.15, 0.2) is 0 Å². The average Bonchev–Trinajstić information content (AvgIpc) is 2.16. The largest absolute Gasteiger partial charge is 0.354 e. The Hall–Kier alpha value is -0.530. The fourth-order valence-corrected chi connectivity index (χ4v) is 1.46. The second-order valence-electron chi connectivity index (χ2n) is 4.87. The monoisotopic (exact) mass is 213 g/mol. The lowest BCUT2D eigenvalue weighted by atomic mass is 10.0. The molecule has 0 aromatic heterocycles. The van der Waals surface area contributed by atoms with Crippen LogP contribution in [-0.4, -0.2) is 11.9 Å². The Balaban J connectivity index is 3.31. The van der Waals surface area contributed by atoms with E-state index in [1.165, 1.54) is 19.3 Å². The summed E-state index contributed by atoms with van der Waals surface area (Å²) in [6.07, 6.45) is 6.48. The normalized spacial score (nSPS) is 12.9. The van der Waals surface area contributed by atoms with Gasteiger partial charge in [-0.2, -0.15) is 0 Å². The molecule has 0 aliphatic rings. The molecule has 0 saturated heterocycles. The van der Waals surface area contributed by atoms with E-state index in [2.05, 4.69) is 33.0 Å². The molecule has 15 heavy (non-hydrogen) atoms. The van der Waals surface area contributed by atoms with Gasteiger partial charge in [0.25, 0.3) is 0 Å². The zero-order valence-electron chi connectivity index (χ0n) is 10.8. The van der Waals surface area contributed by atoms with Crippen LogP contribution in [0.4, 0.5) is 0 Å². The van der Waals surface area contributed by atoms with Crippen molar-refractivity contribution in [2.75, 3.05) is 0 Å². The summed E-state index contributed by atoms with van der Waals surface area (Å²) in [4.78, 5) is 11.4. The minimum atomic E-state index is 0.217. The van der Waals surface area contributed by atoms with Gasteiger partial charge in [0.05, 0.1) is 0 Å². The fraction of sp³-hybridized carbons (Fsp3) is 0.923. The van der Waals surface area contributed by atoms with E-state index in [1.54, 1.807) is 0 Å². The third kappa shape index (κ3) is 9.77. The Kier molecular flexibility index (Phi) is 8.44. The van der Waals surface area contributed by atoms with Gasteiger partial charge in [-0.25, -0.2) is 0 Å². The topological polar surface area (TPSA) is 29.1 Å². The van der Waals surface area contributed by atoms with Gasteiger partial charge < -0.3 is 5.32 Å². The van der Waals surface area contributed by atoms with E-state index in [-0.39, 0.29) is 5.91 Å². The molecule has 1 amide bonds. The number of carbonyl (C=O) groups excluding carboxylic acids is 1. The third-order valence-electron chi connectivity index (χ3n) is 2.71. The van der Waals surface area contributed by atoms with Crippen molar-refractivity contribution in [2.24, 2.45) is 5.92 Å². The molecule has 0 saturated carbocycles. The number of unbranched alkanes of at least 4 members (excludes halogenated alkanes) is 2. The maximum atomic E-state index is 11.4. The van der Waals surface area contributed by atoms with Gasteiger partial charge in [-0.15, -0.1) is 0 Å². The van der Waals surface area contributed by atoms with E-state index in [9.17, 15) is 4.79 Å². The van der Waals surface area contributed by atoms with Gasteiger partial charge in [-0.3, -0.25) is 4.79 Å². The zero-order chi connectivity index (χ0) is 11.7. The van der Waals surface area contributed by atoms with Crippen LogP contribution in [0.25, 0.3) is 0 Å². The lowest BCUT2D eigenvalue weighted by molar-refractivity contribution is -0.121. The van der Waals surface area contributed by atoms with Gasteiger partial charge in [0.1, 0.15) is 0 Å². The van der Waals surface area contributed by atoms with Crippen molar-refractivity contribution in [3.05, 3.63) is 0 Å².